The summed E-state index contributed by atoms with van der Waals surface area (Å²) < 4.78 is 5.04. The van der Waals surface area contributed by atoms with Crippen LogP contribution in [0.4, 0.5) is 0 Å². The molecule has 17 heavy (non-hydrogen) atoms. The maximum Gasteiger partial charge on any atom is 0.226 e. The molecular formula is C13H26N2O2. The van der Waals surface area contributed by atoms with Crippen molar-refractivity contribution in [3.63, 3.8) is 0 Å². The summed E-state index contributed by atoms with van der Waals surface area (Å²) in [6.07, 6.45) is 0. The number of nitrogens with zero attached hydrogens (tertiary/aromatic N) is 1. The summed E-state index contributed by atoms with van der Waals surface area (Å²) in [5.74, 6) is 0.334. The highest BCUT2D eigenvalue weighted by molar-refractivity contribution is 5.84. The molecule has 0 aromatic rings. The van der Waals surface area contributed by atoms with Gasteiger partial charge in [0.05, 0.1) is 6.61 Å². The van der Waals surface area contributed by atoms with E-state index in [-0.39, 0.29) is 22.7 Å². The van der Waals surface area contributed by atoms with Gasteiger partial charge in [0.1, 0.15) is 0 Å². The molecule has 0 unspecified atom stereocenters. The van der Waals surface area contributed by atoms with Crippen LogP contribution in [0.15, 0.2) is 0 Å². The summed E-state index contributed by atoms with van der Waals surface area (Å²) in [7, 11) is 1.65. The van der Waals surface area contributed by atoms with Gasteiger partial charge in [-0.05, 0) is 10.8 Å². The van der Waals surface area contributed by atoms with Gasteiger partial charge in [-0.2, -0.15) is 0 Å². The first kappa shape index (κ1) is 14.5. The molecule has 0 aromatic heterocycles. The summed E-state index contributed by atoms with van der Waals surface area (Å²) in [6, 6.07) is 0. The van der Waals surface area contributed by atoms with Crippen molar-refractivity contribution in [1.29, 1.82) is 0 Å². The predicted molar refractivity (Wildman–Crippen MR) is 68.6 cm³/mol. The Kier molecular flexibility index (Phi) is 4.20. The molecule has 0 radical (unpaired) electrons. The molecular weight excluding hydrogens is 216 g/mol. The Morgan fingerprint density at radius 2 is 1.76 bits per heavy atom. The standard InChI is InChI=1S/C13H26N2O2/c1-12(2)10(13(12,3)4)11(16)15(7-6-14)8-9-17-5/h10H,6-9,14H2,1-5H3. The van der Waals surface area contributed by atoms with Gasteiger partial charge < -0.3 is 15.4 Å². The molecule has 0 aliphatic heterocycles. The molecule has 1 saturated carbocycles. The average molecular weight is 242 g/mol. The van der Waals surface area contributed by atoms with Gasteiger partial charge in [-0.1, -0.05) is 27.7 Å². The number of carbonyl (C=O) groups is 1. The van der Waals surface area contributed by atoms with E-state index in [2.05, 4.69) is 27.7 Å². The van der Waals surface area contributed by atoms with Gasteiger partial charge in [0, 0.05) is 32.7 Å². The van der Waals surface area contributed by atoms with Crippen LogP contribution in [0.2, 0.25) is 0 Å². The Morgan fingerprint density at radius 1 is 1.24 bits per heavy atom. The molecule has 1 aliphatic rings. The number of rotatable bonds is 6. The fraction of sp³-hybridized carbons (Fsp3) is 0.923. The molecule has 1 fully saturated rings. The van der Waals surface area contributed by atoms with E-state index < -0.39 is 0 Å². The zero-order chi connectivity index (χ0) is 13.3. The molecule has 100 valence electrons. The van der Waals surface area contributed by atoms with Crippen LogP contribution >= 0.6 is 0 Å². The third-order valence-electron chi connectivity index (χ3n) is 4.54. The van der Waals surface area contributed by atoms with E-state index in [1.165, 1.54) is 0 Å². The van der Waals surface area contributed by atoms with Gasteiger partial charge in [-0.3, -0.25) is 4.79 Å². The molecule has 4 nitrogen and oxygen atoms in total. The van der Waals surface area contributed by atoms with E-state index >= 15 is 0 Å². The molecule has 0 heterocycles. The topological polar surface area (TPSA) is 55.6 Å². The Hall–Kier alpha value is -0.610. The molecule has 1 aliphatic carbocycles. The van der Waals surface area contributed by atoms with E-state index in [1.807, 2.05) is 4.90 Å². The van der Waals surface area contributed by atoms with Crippen molar-refractivity contribution in [2.24, 2.45) is 22.5 Å². The van der Waals surface area contributed by atoms with Crippen molar-refractivity contribution in [1.82, 2.24) is 4.90 Å². The van der Waals surface area contributed by atoms with Crippen LogP contribution in [0.3, 0.4) is 0 Å². The first-order valence-electron chi connectivity index (χ1n) is 6.28. The molecule has 2 N–H and O–H groups in total. The second-order valence-corrected chi connectivity index (χ2v) is 5.98. The van der Waals surface area contributed by atoms with Crippen LogP contribution in [0, 0.1) is 16.7 Å². The lowest BCUT2D eigenvalue weighted by molar-refractivity contribution is -0.134. The highest BCUT2D eigenvalue weighted by Gasteiger charge is 2.68. The fourth-order valence-electron chi connectivity index (χ4n) is 2.69. The lowest BCUT2D eigenvalue weighted by Gasteiger charge is -2.22. The quantitative estimate of drug-likeness (QED) is 0.759. The maximum atomic E-state index is 12.4. The van der Waals surface area contributed by atoms with Crippen LogP contribution in [-0.4, -0.2) is 44.2 Å². The highest BCUT2D eigenvalue weighted by Crippen LogP contribution is 2.68. The van der Waals surface area contributed by atoms with E-state index in [0.29, 0.717) is 26.2 Å². The Labute approximate surface area is 104 Å². The minimum Gasteiger partial charge on any atom is -0.383 e. The summed E-state index contributed by atoms with van der Waals surface area (Å²) in [6.45, 7) is 11.0. The molecule has 0 atom stereocenters. The Morgan fingerprint density at radius 3 is 2.12 bits per heavy atom. The Balaban J connectivity index is 2.67. The number of ether oxygens (including phenoxy) is 1. The summed E-state index contributed by atoms with van der Waals surface area (Å²) in [5, 5.41) is 0. The number of hydrogen-bond acceptors (Lipinski definition) is 3. The van der Waals surface area contributed by atoms with E-state index in [0.717, 1.165) is 0 Å². The number of hydrogen-bond donors (Lipinski definition) is 1. The zero-order valence-corrected chi connectivity index (χ0v) is 11.7. The SMILES string of the molecule is COCCN(CCN)C(=O)C1C(C)(C)C1(C)C. The largest absolute Gasteiger partial charge is 0.383 e. The van der Waals surface area contributed by atoms with Crippen molar-refractivity contribution in [3.05, 3.63) is 0 Å². The second kappa shape index (κ2) is 4.94. The molecule has 1 amide bonds. The average Bonchev–Trinajstić information content (AvgIpc) is 2.63. The number of carbonyl (C=O) groups excluding carboxylic acids is 1. The first-order valence-corrected chi connectivity index (χ1v) is 6.28. The predicted octanol–water partition coefficient (Wildman–Crippen LogP) is 1.10. The second-order valence-electron chi connectivity index (χ2n) is 5.98. The molecule has 0 bridgehead atoms. The van der Waals surface area contributed by atoms with Crippen LogP contribution in [0.25, 0.3) is 0 Å². The van der Waals surface area contributed by atoms with E-state index in [4.69, 9.17) is 10.5 Å². The summed E-state index contributed by atoms with van der Waals surface area (Å²) >= 11 is 0. The van der Waals surface area contributed by atoms with Crippen LogP contribution in [0.5, 0.6) is 0 Å². The number of methoxy groups -OCH3 is 1. The minimum atomic E-state index is 0.0873. The smallest absolute Gasteiger partial charge is 0.226 e. The minimum absolute atomic E-state index is 0.0873. The van der Waals surface area contributed by atoms with E-state index in [1.54, 1.807) is 7.11 Å². The Bertz CT molecular complexity index is 273. The molecule has 4 heteroatoms. The van der Waals surface area contributed by atoms with Crippen LogP contribution < -0.4 is 5.73 Å². The van der Waals surface area contributed by atoms with Gasteiger partial charge in [-0.25, -0.2) is 0 Å². The van der Waals surface area contributed by atoms with Crippen molar-refractivity contribution < 1.29 is 9.53 Å². The van der Waals surface area contributed by atoms with Crippen molar-refractivity contribution >= 4 is 5.91 Å². The first-order chi connectivity index (χ1) is 7.80. The normalized spacial score (nSPS) is 21.3. The fourth-order valence-corrected chi connectivity index (χ4v) is 2.69. The van der Waals surface area contributed by atoms with Crippen molar-refractivity contribution in [2.45, 2.75) is 27.7 Å². The lowest BCUT2D eigenvalue weighted by atomic mass is 10.0. The zero-order valence-electron chi connectivity index (χ0n) is 11.7. The monoisotopic (exact) mass is 242 g/mol. The van der Waals surface area contributed by atoms with Gasteiger partial charge >= 0.3 is 0 Å². The van der Waals surface area contributed by atoms with Crippen molar-refractivity contribution in [2.75, 3.05) is 33.4 Å². The summed E-state index contributed by atoms with van der Waals surface area (Å²) in [4.78, 5) is 14.3. The van der Waals surface area contributed by atoms with Crippen LogP contribution in [0.1, 0.15) is 27.7 Å². The highest BCUT2D eigenvalue weighted by atomic mass is 16.5. The molecule has 0 spiro atoms. The third-order valence-corrected chi connectivity index (χ3v) is 4.54. The van der Waals surface area contributed by atoms with Crippen molar-refractivity contribution in [3.8, 4) is 0 Å². The number of nitrogens with two attached hydrogens (primary N) is 1. The van der Waals surface area contributed by atoms with Gasteiger partial charge in [-0.15, -0.1) is 0 Å². The van der Waals surface area contributed by atoms with Gasteiger partial charge in [0.15, 0.2) is 0 Å². The molecule has 1 rings (SSSR count). The summed E-state index contributed by atoms with van der Waals surface area (Å²) in [5.41, 5.74) is 5.73. The molecule has 0 aromatic carbocycles. The maximum absolute atomic E-state index is 12.4. The lowest BCUT2D eigenvalue weighted by Crippen LogP contribution is -2.39. The third kappa shape index (κ3) is 2.47. The molecule has 0 saturated heterocycles. The van der Waals surface area contributed by atoms with Gasteiger partial charge in [0.25, 0.3) is 0 Å². The number of amides is 1. The van der Waals surface area contributed by atoms with E-state index in [9.17, 15) is 4.79 Å². The van der Waals surface area contributed by atoms with Gasteiger partial charge in [0.2, 0.25) is 5.91 Å². The van der Waals surface area contributed by atoms with Crippen LogP contribution in [-0.2, 0) is 9.53 Å².